The number of hydroxylamine groups is 1. The Morgan fingerprint density at radius 1 is 1.24 bits per heavy atom. The third-order valence-electron chi connectivity index (χ3n) is 1.50. The van der Waals surface area contributed by atoms with Crippen molar-refractivity contribution in [3.8, 4) is 0 Å². The lowest BCUT2D eigenvalue weighted by molar-refractivity contribution is -0.183. The SMILES string of the molecule is O=C(NOCC(F)(F)F)Nc1ccc(F)cc1. The van der Waals surface area contributed by atoms with Gasteiger partial charge in [0.25, 0.3) is 0 Å². The Morgan fingerprint density at radius 2 is 1.82 bits per heavy atom. The summed E-state index contributed by atoms with van der Waals surface area (Å²) in [5, 5.41) is 2.15. The van der Waals surface area contributed by atoms with Crippen molar-refractivity contribution < 1.29 is 27.2 Å². The summed E-state index contributed by atoms with van der Waals surface area (Å²) in [4.78, 5) is 14.9. The highest BCUT2D eigenvalue weighted by Crippen LogP contribution is 2.13. The normalized spacial score (nSPS) is 11.1. The van der Waals surface area contributed by atoms with E-state index in [1.807, 2.05) is 0 Å². The molecule has 0 spiro atoms. The second-order valence-electron chi connectivity index (χ2n) is 2.97. The maximum absolute atomic E-state index is 12.5. The lowest BCUT2D eigenvalue weighted by Gasteiger charge is -2.09. The topological polar surface area (TPSA) is 50.4 Å². The van der Waals surface area contributed by atoms with Gasteiger partial charge in [-0.3, -0.25) is 4.84 Å². The Bertz CT molecular complexity index is 378. The van der Waals surface area contributed by atoms with E-state index in [1.54, 1.807) is 0 Å². The zero-order valence-electron chi connectivity index (χ0n) is 8.34. The summed E-state index contributed by atoms with van der Waals surface area (Å²) < 4.78 is 47.4. The molecule has 4 nitrogen and oxygen atoms in total. The summed E-state index contributed by atoms with van der Waals surface area (Å²) in [6.07, 6.45) is -4.52. The van der Waals surface area contributed by atoms with Crippen molar-refractivity contribution in [3.63, 3.8) is 0 Å². The van der Waals surface area contributed by atoms with Gasteiger partial charge in [0.05, 0.1) is 0 Å². The number of alkyl halides is 3. The van der Waals surface area contributed by atoms with Crippen LogP contribution < -0.4 is 10.8 Å². The predicted molar refractivity (Wildman–Crippen MR) is 50.6 cm³/mol. The molecule has 0 unspecified atom stereocenters. The van der Waals surface area contributed by atoms with Crippen molar-refractivity contribution in [3.05, 3.63) is 30.1 Å². The molecule has 0 aromatic heterocycles. The predicted octanol–water partition coefficient (Wildman–Crippen LogP) is 2.44. The van der Waals surface area contributed by atoms with Crippen molar-refractivity contribution in [2.45, 2.75) is 6.18 Å². The Balaban J connectivity index is 2.32. The zero-order chi connectivity index (χ0) is 12.9. The highest BCUT2D eigenvalue weighted by Gasteiger charge is 2.28. The largest absolute Gasteiger partial charge is 0.414 e. The third kappa shape index (κ3) is 5.71. The van der Waals surface area contributed by atoms with Crippen molar-refractivity contribution >= 4 is 11.7 Å². The minimum atomic E-state index is -4.52. The van der Waals surface area contributed by atoms with Gasteiger partial charge < -0.3 is 5.32 Å². The van der Waals surface area contributed by atoms with E-state index >= 15 is 0 Å². The van der Waals surface area contributed by atoms with Crippen LogP contribution in [0, 0.1) is 5.82 Å². The van der Waals surface area contributed by atoms with Crippen LogP contribution >= 0.6 is 0 Å². The van der Waals surface area contributed by atoms with Crippen molar-refractivity contribution in [2.75, 3.05) is 11.9 Å². The first-order valence-corrected chi connectivity index (χ1v) is 4.38. The first-order chi connectivity index (χ1) is 7.87. The molecule has 17 heavy (non-hydrogen) atoms. The minimum absolute atomic E-state index is 0.222. The summed E-state index contributed by atoms with van der Waals surface area (Å²) in [6.45, 7) is -1.59. The van der Waals surface area contributed by atoms with Gasteiger partial charge >= 0.3 is 12.2 Å². The second kappa shape index (κ2) is 5.48. The highest BCUT2D eigenvalue weighted by molar-refractivity contribution is 5.88. The number of amides is 2. The van der Waals surface area contributed by atoms with Crippen molar-refractivity contribution in [2.24, 2.45) is 0 Å². The van der Waals surface area contributed by atoms with Gasteiger partial charge in [-0.15, -0.1) is 0 Å². The van der Waals surface area contributed by atoms with Gasteiger partial charge in [-0.05, 0) is 24.3 Å². The standard InChI is InChI=1S/C9H8F4N2O2/c10-6-1-3-7(4-2-6)14-8(16)15-17-5-9(11,12)13/h1-4H,5H2,(H2,14,15,16). The van der Waals surface area contributed by atoms with E-state index in [0.29, 0.717) is 0 Å². The number of carbonyl (C=O) groups excluding carboxylic acids is 1. The third-order valence-corrected chi connectivity index (χ3v) is 1.50. The molecule has 1 aromatic carbocycles. The minimum Gasteiger partial charge on any atom is -0.306 e. The molecule has 94 valence electrons. The summed E-state index contributed by atoms with van der Waals surface area (Å²) in [6, 6.07) is 3.69. The summed E-state index contributed by atoms with van der Waals surface area (Å²) >= 11 is 0. The molecule has 0 heterocycles. The molecule has 0 radical (unpaired) electrons. The van der Waals surface area contributed by atoms with Gasteiger partial charge in [-0.25, -0.2) is 14.7 Å². The summed E-state index contributed by atoms with van der Waals surface area (Å²) in [5.74, 6) is -0.496. The van der Waals surface area contributed by atoms with Crippen LogP contribution in [0.5, 0.6) is 0 Å². The van der Waals surface area contributed by atoms with E-state index in [0.717, 1.165) is 12.1 Å². The fourth-order valence-electron chi connectivity index (χ4n) is 0.873. The van der Waals surface area contributed by atoms with E-state index in [-0.39, 0.29) is 5.69 Å². The number of rotatable bonds is 3. The molecule has 2 amide bonds. The number of nitrogens with one attached hydrogen (secondary N) is 2. The van der Waals surface area contributed by atoms with Gasteiger partial charge in [0, 0.05) is 5.69 Å². The Hall–Kier alpha value is -1.83. The van der Waals surface area contributed by atoms with E-state index in [1.165, 1.54) is 17.6 Å². The molecule has 0 saturated carbocycles. The average molecular weight is 252 g/mol. The van der Waals surface area contributed by atoms with Crippen molar-refractivity contribution in [1.82, 2.24) is 5.48 Å². The molecular formula is C9H8F4N2O2. The molecular weight excluding hydrogens is 244 g/mol. The Morgan fingerprint density at radius 3 is 2.35 bits per heavy atom. The highest BCUT2D eigenvalue weighted by atomic mass is 19.4. The van der Waals surface area contributed by atoms with E-state index in [2.05, 4.69) is 10.2 Å². The number of benzene rings is 1. The fraction of sp³-hybridized carbons (Fsp3) is 0.222. The summed E-state index contributed by atoms with van der Waals surface area (Å²) in [5.41, 5.74) is 1.76. The van der Waals surface area contributed by atoms with Crippen LogP contribution in [-0.4, -0.2) is 18.8 Å². The molecule has 0 aliphatic heterocycles. The van der Waals surface area contributed by atoms with Crippen molar-refractivity contribution in [1.29, 1.82) is 0 Å². The number of halogens is 4. The van der Waals surface area contributed by atoms with Crippen LogP contribution in [0.2, 0.25) is 0 Å². The van der Waals surface area contributed by atoms with Gasteiger partial charge in [-0.1, -0.05) is 0 Å². The number of carbonyl (C=O) groups is 1. The molecule has 2 N–H and O–H groups in total. The lowest BCUT2D eigenvalue weighted by atomic mass is 10.3. The second-order valence-corrected chi connectivity index (χ2v) is 2.97. The zero-order valence-corrected chi connectivity index (χ0v) is 8.34. The quantitative estimate of drug-likeness (QED) is 0.641. The maximum Gasteiger partial charge on any atom is 0.414 e. The molecule has 1 rings (SSSR count). The van der Waals surface area contributed by atoms with Gasteiger partial charge in [-0.2, -0.15) is 13.2 Å². The van der Waals surface area contributed by atoms with Gasteiger partial charge in [0.1, 0.15) is 5.82 Å². The molecule has 0 saturated heterocycles. The molecule has 0 aliphatic rings. The number of hydrogen-bond acceptors (Lipinski definition) is 2. The van der Waals surface area contributed by atoms with Gasteiger partial charge in [0.2, 0.25) is 0 Å². The Kier molecular flexibility index (Phi) is 4.27. The van der Waals surface area contributed by atoms with Gasteiger partial charge in [0.15, 0.2) is 6.61 Å². The number of hydrogen-bond donors (Lipinski definition) is 2. The molecule has 0 atom stereocenters. The molecule has 1 aromatic rings. The number of anilines is 1. The molecule has 0 fully saturated rings. The molecule has 0 bridgehead atoms. The van der Waals surface area contributed by atoms with Crippen LogP contribution in [0.3, 0.4) is 0 Å². The lowest BCUT2D eigenvalue weighted by Crippen LogP contribution is -2.32. The fourth-order valence-corrected chi connectivity index (χ4v) is 0.873. The van der Waals surface area contributed by atoms with Crippen LogP contribution in [-0.2, 0) is 4.84 Å². The monoisotopic (exact) mass is 252 g/mol. The smallest absolute Gasteiger partial charge is 0.306 e. The van der Waals surface area contributed by atoms with Crippen LogP contribution in [0.25, 0.3) is 0 Å². The number of urea groups is 1. The first kappa shape index (κ1) is 13.2. The average Bonchev–Trinajstić information content (AvgIpc) is 2.19. The first-order valence-electron chi connectivity index (χ1n) is 4.38. The van der Waals surface area contributed by atoms with Crippen LogP contribution in [0.15, 0.2) is 24.3 Å². The summed E-state index contributed by atoms with van der Waals surface area (Å²) in [7, 11) is 0. The van der Waals surface area contributed by atoms with E-state index < -0.39 is 24.6 Å². The van der Waals surface area contributed by atoms with E-state index in [4.69, 9.17) is 0 Å². The van der Waals surface area contributed by atoms with E-state index in [9.17, 15) is 22.4 Å². The molecule has 0 aliphatic carbocycles. The Labute approximate surface area is 93.5 Å². The van der Waals surface area contributed by atoms with Crippen LogP contribution in [0.4, 0.5) is 28.0 Å². The van der Waals surface area contributed by atoms with Crippen LogP contribution in [0.1, 0.15) is 0 Å². The maximum atomic E-state index is 12.5. The molecule has 8 heteroatoms.